The van der Waals surface area contributed by atoms with Crippen LogP contribution >= 0.6 is 0 Å². The second-order valence-corrected chi connectivity index (χ2v) is 14.0. The van der Waals surface area contributed by atoms with Crippen molar-refractivity contribution in [1.82, 2.24) is 0 Å². The molecule has 51 heavy (non-hydrogen) atoms. The Morgan fingerprint density at radius 1 is 0.333 bits per heavy atom. The standard InChI is InChI=1S/3C16H20N/c2*1-11-6-8-15(13(3)10-11)16-9-7-12(2)14(4)17(16)5;1-11-6-7-13(3)15(10-11)16-9-8-12(2)14(4)17(16)5/h3*6-10H,1-5H3/q3*+1/i1D3,2D3;;. The van der Waals surface area contributed by atoms with E-state index in [1.807, 2.05) is 18.5 Å². The Balaban J connectivity index is 0.000000193. The van der Waals surface area contributed by atoms with E-state index in [1.165, 1.54) is 67.3 Å². The van der Waals surface area contributed by atoms with Crippen molar-refractivity contribution in [3.05, 3.63) is 158 Å². The van der Waals surface area contributed by atoms with Crippen LogP contribution in [0, 0.1) is 82.9 Å². The maximum atomic E-state index is 7.58. The maximum absolute atomic E-state index is 7.58. The SMILES string of the molecule is Cc1ccc(-c2ccc(C)c(C)[n+]2C)c(C)c1.Cc1ccc(C)c(-c2ccc(C)c(C)[n+]2C)c1.[2H]C([2H])([2H])c1ccc(-c2ccc(C([2H])([2H])[2H])c(C)[n+]2C)c(C)c1. The van der Waals surface area contributed by atoms with Crippen LogP contribution in [-0.4, -0.2) is 0 Å². The summed E-state index contributed by atoms with van der Waals surface area (Å²) in [7, 11) is 6.09. The molecule has 0 saturated carbocycles. The molecule has 3 nitrogen and oxygen atoms in total. The van der Waals surface area contributed by atoms with Gasteiger partial charge < -0.3 is 0 Å². The molecular weight excluding hydrogens is 619 g/mol. The Kier molecular flexibility index (Phi) is 9.95. The van der Waals surface area contributed by atoms with Crippen LogP contribution in [0.1, 0.15) is 75.4 Å². The fraction of sp³-hybridized carbons (Fsp3) is 0.312. The third kappa shape index (κ3) is 8.89. The number of pyridine rings is 3. The molecule has 0 bridgehead atoms. The summed E-state index contributed by atoms with van der Waals surface area (Å²) >= 11 is 0. The fourth-order valence-corrected chi connectivity index (χ4v) is 6.39. The highest BCUT2D eigenvalue weighted by molar-refractivity contribution is 5.63. The molecule has 3 aromatic carbocycles. The highest BCUT2D eigenvalue weighted by Gasteiger charge is 2.18. The highest BCUT2D eigenvalue weighted by atomic mass is 15.0. The van der Waals surface area contributed by atoms with Crippen molar-refractivity contribution in [3.8, 4) is 33.8 Å². The first kappa shape index (κ1) is 30.9. The van der Waals surface area contributed by atoms with Gasteiger partial charge in [0.25, 0.3) is 0 Å². The Bertz CT molecular complexity index is 2420. The predicted molar refractivity (Wildman–Crippen MR) is 216 cm³/mol. The molecule has 0 aliphatic carbocycles. The largest absolute Gasteiger partial charge is 0.212 e. The summed E-state index contributed by atoms with van der Waals surface area (Å²) in [6, 6.07) is 30.5. The lowest BCUT2D eigenvalue weighted by Gasteiger charge is -2.08. The first-order chi connectivity index (χ1) is 26.4. The van der Waals surface area contributed by atoms with Gasteiger partial charge in [-0.15, -0.1) is 0 Å². The average Bonchev–Trinajstić information content (AvgIpc) is 3.12. The second-order valence-electron chi connectivity index (χ2n) is 14.0. The van der Waals surface area contributed by atoms with E-state index in [4.69, 9.17) is 8.22 Å². The lowest BCUT2D eigenvalue weighted by molar-refractivity contribution is -0.667. The van der Waals surface area contributed by atoms with Crippen molar-refractivity contribution < 1.29 is 21.9 Å². The Morgan fingerprint density at radius 2 is 0.706 bits per heavy atom. The number of hydrogen-bond donors (Lipinski definition) is 0. The molecule has 264 valence electrons. The topological polar surface area (TPSA) is 11.6 Å². The second kappa shape index (κ2) is 16.4. The average molecular weight is 685 g/mol. The third-order valence-corrected chi connectivity index (χ3v) is 10.3. The molecule has 0 aliphatic rings. The Hall–Kier alpha value is -4.89. The molecule has 0 radical (unpaired) electrons. The van der Waals surface area contributed by atoms with Crippen molar-refractivity contribution in [1.29, 1.82) is 0 Å². The van der Waals surface area contributed by atoms with Crippen molar-refractivity contribution in [2.75, 3.05) is 0 Å². The zero-order chi connectivity index (χ0) is 42.7. The van der Waals surface area contributed by atoms with Crippen molar-refractivity contribution >= 4 is 0 Å². The normalized spacial score (nSPS) is 12.9. The summed E-state index contributed by atoms with van der Waals surface area (Å²) in [6.07, 6.45) is 0. The highest BCUT2D eigenvalue weighted by Crippen LogP contribution is 2.24. The van der Waals surface area contributed by atoms with E-state index in [0.717, 1.165) is 16.8 Å². The van der Waals surface area contributed by atoms with Gasteiger partial charge in [-0.2, -0.15) is 13.7 Å². The van der Waals surface area contributed by atoms with Gasteiger partial charge in [-0.05, 0) is 115 Å². The smallest absolute Gasteiger partial charge is 0.198 e. The molecule has 3 heteroatoms. The van der Waals surface area contributed by atoms with Gasteiger partial charge in [0.2, 0.25) is 17.1 Å². The number of rotatable bonds is 3. The van der Waals surface area contributed by atoms with E-state index in [2.05, 4.69) is 139 Å². The van der Waals surface area contributed by atoms with Crippen LogP contribution in [-0.2, 0) is 21.1 Å². The van der Waals surface area contributed by atoms with Crippen molar-refractivity contribution in [2.45, 2.75) is 82.9 Å². The molecule has 6 aromatic rings. The Morgan fingerprint density at radius 3 is 1.18 bits per heavy atom. The van der Waals surface area contributed by atoms with Gasteiger partial charge in [0.15, 0.2) is 17.1 Å². The zero-order valence-corrected chi connectivity index (χ0v) is 33.0. The molecule has 0 saturated heterocycles. The lowest BCUT2D eigenvalue weighted by atomic mass is 10.0. The van der Waals surface area contributed by atoms with Crippen LogP contribution in [0.3, 0.4) is 0 Å². The molecule has 0 unspecified atom stereocenters. The van der Waals surface area contributed by atoms with Crippen LogP contribution in [0.4, 0.5) is 0 Å². The summed E-state index contributed by atoms with van der Waals surface area (Å²) in [5.41, 5.74) is 19.7. The van der Waals surface area contributed by atoms with Gasteiger partial charge in [0.05, 0.1) is 0 Å². The summed E-state index contributed by atoms with van der Waals surface area (Å²) < 4.78 is 51.6. The molecule has 0 aliphatic heterocycles. The molecular formula is C48H60N3+3. The first-order valence-electron chi connectivity index (χ1n) is 20.6. The van der Waals surface area contributed by atoms with E-state index in [0.29, 0.717) is 16.8 Å². The van der Waals surface area contributed by atoms with Gasteiger partial charge in [-0.3, -0.25) is 0 Å². The molecule has 0 fully saturated rings. The molecule has 3 aromatic heterocycles. The van der Waals surface area contributed by atoms with E-state index in [1.54, 1.807) is 37.3 Å². The van der Waals surface area contributed by atoms with E-state index in [9.17, 15) is 0 Å². The van der Waals surface area contributed by atoms with Crippen LogP contribution in [0.25, 0.3) is 33.8 Å². The van der Waals surface area contributed by atoms with Crippen LogP contribution in [0.15, 0.2) is 91.0 Å². The van der Waals surface area contributed by atoms with Gasteiger partial charge >= 0.3 is 0 Å². The summed E-state index contributed by atoms with van der Waals surface area (Å²) in [5, 5.41) is 0. The minimum atomic E-state index is -2.15. The number of aryl methyl sites for hydroxylation is 9. The minimum Gasteiger partial charge on any atom is -0.198 e. The molecule has 0 amide bonds. The first-order valence-corrected chi connectivity index (χ1v) is 17.6. The number of hydrogen-bond acceptors (Lipinski definition) is 0. The maximum Gasteiger partial charge on any atom is 0.212 e. The predicted octanol–water partition coefficient (Wildman–Crippen LogP) is 10.2. The molecule has 6 rings (SSSR count). The van der Waals surface area contributed by atoms with E-state index in [-0.39, 0.29) is 0 Å². The summed E-state index contributed by atoms with van der Waals surface area (Å²) in [6.45, 7) is 16.6. The van der Waals surface area contributed by atoms with E-state index >= 15 is 0 Å². The zero-order valence-electron chi connectivity index (χ0n) is 39.0. The van der Waals surface area contributed by atoms with Gasteiger partial charge in [-0.1, -0.05) is 53.1 Å². The van der Waals surface area contributed by atoms with Crippen LogP contribution < -0.4 is 13.7 Å². The monoisotopic (exact) mass is 685 g/mol. The van der Waals surface area contributed by atoms with Gasteiger partial charge in [0.1, 0.15) is 21.1 Å². The van der Waals surface area contributed by atoms with Gasteiger partial charge in [0, 0.05) is 80.6 Å². The number of benzene rings is 3. The fourth-order valence-electron chi connectivity index (χ4n) is 6.39. The van der Waals surface area contributed by atoms with Crippen molar-refractivity contribution in [3.63, 3.8) is 0 Å². The summed E-state index contributed by atoms with van der Waals surface area (Å²) in [5.74, 6) is 0. The molecule has 0 atom stereocenters. The third-order valence-electron chi connectivity index (χ3n) is 10.3. The number of aromatic nitrogens is 3. The summed E-state index contributed by atoms with van der Waals surface area (Å²) in [4.78, 5) is 0. The van der Waals surface area contributed by atoms with E-state index < -0.39 is 13.7 Å². The lowest BCUT2D eigenvalue weighted by Crippen LogP contribution is -2.35. The van der Waals surface area contributed by atoms with Gasteiger partial charge in [-0.25, -0.2) is 0 Å². The Labute approximate surface area is 317 Å². The quantitative estimate of drug-likeness (QED) is 0.165. The minimum absolute atomic E-state index is 0.303. The van der Waals surface area contributed by atoms with Crippen LogP contribution in [0.5, 0.6) is 0 Å². The van der Waals surface area contributed by atoms with Crippen molar-refractivity contribution in [2.24, 2.45) is 21.1 Å². The molecule has 0 N–H and O–H groups in total. The van der Waals surface area contributed by atoms with Crippen LogP contribution in [0.2, 0.25) is 0 Å². The molecule has 3 heterocycles. The molecule has 0 spiro atoms. The number of nitrogens with zero attached hydrogens (tertiary/aromatic N) is 3.